The number of nitriles is 1. The van der Waals surface area contributed by atoms with Crippen LogP contribution in [0.15, 0.2) is 29.7 Å². The second kappa shape index (κ2) is 7.47. The molecule has 1 aromatic heterocycles. The maximum Gasteiger partial charge on any atom is 0.244 e. The first-order valence-corrected chi connectivity index (χ1v) is 9.37. The summed E-state index contributed by atoms with van der Waals surface area (Å²) in [6.07, 6.45) is 0. The van der Waals surface area contributed by atoms with Gasteiger partial charge in [0.05, 0.1) is 24.7 Å². The molecule has 0 radical (unpaired) electrons. The average Bonchev–Trinajstić information content (AvgIpc) is 3.06. The smallest absolute Gasteiger partial charge is 0.244 e. The Balaban J connectivity index is 2.21. The standard InChI is InChI=1S/C21H26N4O3/c1-6-26-14-9-8-12(10-15(14)27-7-2)16-13(11-22)19(23)28-20-17(16)18(24-25-20)21(3,4)5/h8-10,16H,6-7,23H2,1-5H3,(H,24,25)/t16-/m1/s1. The van der Waals surface area contributed by atoms with Crippen molar-refractivity contribution in [1.82, 2.24) is 10.2 Å². The fourth-order valence-electron chi connectivity index (χ4n) is 3.40. The van der Waals surface area contributed by atoms with E-state index in [0.717, 1.165) is 16.8 Å². The molecule has 0 spiro atoms. The molecule has 0 bridgehead atoms. The number of nitrogens with one attached hydrogen (secondary N) is 1. The minimum Gasteiger partial charge on any atom is -0.490 e. The largest absolute Gasteiger partial charge is 0.490 e. The quantitative estimate of drug-likeness (QED) is 0.816. The highest BCUT2D eigenvalue weighted by Gasteiger charge is 2.38. The fourth-order valence-corrected chi connectivity index (χ4v) is 3.40. The molecule has 0 aliphatic carbocycles. The van der Waals surface area contributed by atoms with E-state index >= 15 is 0 Å². The van der Waals surface area contributed by atoms with E-state index in [2.05, 4.69) is 37.0 Å². The van der Waals surface area contributed by atoms with Crippen molar-refractivity contribution in [3.63, 3.8) is 0 Å². The van der Waals surface area contributed by atoms with Gasteiger partial charge in [-0.3, -0.25) is 5.10 Å². The Morgan fingerprint density at radius 1 is 1.21 bits per heavy atom. The Morgan fingerprint density at radius 2 is 1.89 bits per heavy atom. The topological polar surface area (TPSA) is 106 Å². The van der Waals surface area contributed by atoms with Gasteiger partial charge in [-0.25, -0.2) is 0 Å². The van der Waals surface area contributed by atoms with E-state index in [0.29, 0.717) is 36.2 Å². The van der Waals surface area contributed by atoms with Crippen molar-refractivity contribution in [3.05, 3.63) is 46.5 Å². The van der Waals surface area contributed by atoms with Crippen molar-refractivity contribution in [2.24, 2.45) is 5.73 Å². The zero-order valence-corrected chi connectivity index (χ0v) is 16.9. The van der Waals surface area contributed by atoms with Crippen LogP contribution in [-0.2, 0) is 5.41 Å². The molecular weight excluding hydrogens is 356 g/mol. The van der Waals surface area contributed by atoms with Crippen LogP contribution in [0.4, 0.5) is 0 Å². The van der Waals surface area contributed by atoms with Crippen LogP contribution in [0, 0.1) is 11.3 Å². The van der Waals surface area contributed by atoms with E-state index in [1.165, 1.54) is 0 Å². The summed E-state index contributed by atoms with van der Waals surface area (Å²) in [5.74, 6) is 1.36. The molecule has 2 aromatic rings. The van der Waals surface area contributed by atoms with Crippen molar-refractivity contribution < 1.29 is 14.2 Å². The molecule has 7 nitrogen and oxygen atoms in total. The van der Waals surface area contributed by atoms with Gasteiger partial charge in [-0.05, 0) is 31.5 Å². The van der Waals surface area contributed by atoms with Crippen LogP contribution in [0.25, 0.3) is 0 Å². The Labute approximate surface area is 165 Å². The van der Waals surface area contributed by atoms with Crippen LogP contribution in [0.5, 0.6) is 17.4 Å². The summed E-state index contributed by atoms with van der Waals surface area (Å²) in [5.41, 5.74) is 8.77. The normalized spacial score (nSPS) is 16.2. The number of ether oxygens (including phenoxy) is 3. The van der Waals surface area contributed by atoms with Crippen molar-refractivity contribution >= 4 is 0 Å². The van der Waals surface area contributed by atoms with Crippen molar-refractivity contribution in [3.8, 4) is 23.4 Å². The van der Waals surface area contributed by atoms with Gasteiger partial charge in [0.15, 0.2) is 11.5 Å². The molecule has 7 heteroatoms. The summed E-state index contributed by atoms with van der Waals surface area (Å²) < 4.78 is 17.1. The molecule has 148 valence electrons. The summed E-state index contributed by atoms with van der Waals surface area (Å²) in [6, 6.07) is 7.91. The van der Waals surface area contributed by atoms with Gasteiger partial charge < -0.3 is 19.9 Å². The van der Waals surface area contributed by atoms with Crippen LogP contribution in [-0.4, -0.2) is 23.4 Å². The maximum atomic E-state index is 9.81. The number of hydrogen-bond donors (Lipinski definition) is 2. The summed E-state index contributed by atoms with van der Waals surface area (Å²) in [6.45, 7) is 11.1. The number of rotatable bonds is 5. The Bertz CT molecular complexity index is 948. The lowest BCUT2D eigenvalue weighted by Crippen LogP contribution is -2.24. The van der Waals surface area contributed by atoms with Crippen LogP contribution in [0.1, 0.15) is 57.4 Å². The molecule has 0 saturated heterocycles. The number of benzene rings is 1. The number of nitrogens with zero attached hydrogens (tertiary/aromatic N) is 2. The number of aromatic amines is 1. The SMILES string of the molecule is CCOc1ccc([C@@H]2C(C#N)=C(N)Oc3n[nH]c(C(C)(C)C)c32)cc1OCC. The van der Waals surface area contributed by atoms with Gasteiger partial charge in [0.25, 0.3) is 0 Å². The summed E-state index contributed by atoms with van der Waals surface area (Å²) in [4.78, 5) is 0. The maximum absolute atomic E-state index is 9.81. The highest BCUT2D eigenvalue weighted by atomic mass is 16.5. The zero-order valence-electron chi connectivity index (χ0n) is 16.9. The van der Waals surface area contributed by atoms with Crippen molar-refractivity contribution in [2.75, 3.05) is 13.2 Å². The summed E-state index contributed by atoms with van der Waals surface area (Å²) in [7, 11) is 0. The van der Waals surface area contributed by atoms with Gasteiger partial charge in [0, 0.05) is 11.1 Å². The lowest BCUT2D eigenvalue weighted by molar-refractivity contribution is 0.287. The summed E-state index contributed by atoms with van der Waals surface area (Å²) >= 11 is 0. The molecule has 1 atom stereocenters. The highest BCUT2D eigenvalue weighted by molar-refractivity contribution is 5.58. The van der Waals surface area contributed by atoms with Gasteiger partial charge in [0.2, 0.25) is 11.8 Å². The highest BCUT2D eigenvalue weighted by Crippen LogP contribution is 2.46. The molecule has 1 aliphatic heterocycles. The van der Waals surface area contributed by atoms with Gasteiger partial charge in [-0.15, -0.1) is 5.10 Å². The molecular formula is C21H26N4O3. The van der Waals surface area contributed by atoms with Crippen LogP contribution in [0.2, 0.25) is 0 Å². The van der Waals surface area contributed by atoms with Crippen LogP contribution < -0.4 is 19.9 Å². The second-order valence-electron chi connectivity index (χ2n) is 7.56. The molecule has 0 fully saturated rings. The molecule has 3 N–H and O–H groups in total. The third-order valence-electron chi connectivity index (χ3n) is 4.59. The van der Waals surface area contributed by atoms with Gasteiger partial charge in [-0.2, -0.15) is 5.26 Å². The molecule has 1 aliphatic rings. The zero-order chi connectivity index (χ0) is 20.5. The van der Waals surface area contributed by atoms with Gasteiger partial charge in [-0.1, -0.05) is 26.8 Å². The number of hydrogen-bond acceptors (Lipinski definition) is 6. The molecule has 3 rings (SSSR count). The number of nitrogens with two attached hydrogens (primary N) is 1. The molecule has 0 unspecified atom stereocenters. The van der Waals surface area contributed by atoms with E-state index in [1.54, 1.807) is 0 Å². The van der Waals surface area contributed by atoms with E-state index < -0.39 is 5.92 Å². The number of aromatic nitrogens is 2. The van der Waals surface area contributed by atoms with Gasteiger partial charge >= 0.3 is 0 Å². The lowest BCUT2D eigenvalue weighted by atomic mass is 9.79. The van der Waals surface area contributed by atoms with Crippen molar-refractivity contribution in [2.45, 2.75) is 46.0 Å². The first-order valence-electron chi connectivity index (χ1n) is 9.37. The predicted molar refractivity (Wildman–Crippen MR) is 105 cm³/mol. The third-order valence-corrected chi connectivity index (χ3v) is 4.59. The van der Waals surface area contributed by atoms with E-state index in [1.807, 2.05) is 32.0 Å². The Morgan fingerprint density at radius 3 is 2.50 bits per heavy atom. The summed E-state index contributed by atoms with van der Waals surface area (Å²) in [5, 5.41) is 17.2. The second-order valence-corrected chi connectivity index (χ2v) is 7.56. The Kier molecular flexibility index (Phi) is 5.23. The van der Waals surface area contributed by atoms with Crippen LogP contribution >= 0.6 is 0 Å². The predicted octanol–water partition coefficient (Wildman–Crippen LogP) is 3.72. The first kappa shape index (κ1) is 19.6. The van der Waals surface area contributed by atoms with Gasteiger partial charge in [0.1, 0.15) is 11.6 Å². The number of fused-ring (bicyclic) bond motifs is 1. The molecule has 0 saturated carbocycles. The number of allylic oxidation sites excluding steroid dienone is 1. The average molecular weight is 382 g/mol. The van der Waals surface area contributed by atoms with Crippen molar-refractivity contribution in [1.29, 1.82) is 5.26 Å². The third kappa shape index (κ3) is 3.38. The molecule has 2 heterocycles. The minimum atomic E-state index is -0.406. The molecule has 0 amide bonds. The Hall–Kier alpha value is -3.14. The first-order chi connectivity index (χ1) is 13.3. The lowest BCUT2D eigenvalue weighted by Gasteiger charge is -2.27. The molecule has 1 aromatic carbocycles. The monoisotopic (exact) mass is 382 g/mol. The molecule has 28 heavy (non-hydrogen) atoms. The van der Waals surface area contributed by atoms with Crippen LogP contribution in [0.3, 0.4) is 0 Å². The number of H-pyrrole nitrogens is 1. The van der Waals surface area contributed by atoms with E-state index in [-0.39, 0.29) is 11.3 Å². The van der Waals surface area contributed by atoms with E-state index in [4.69, 9.17) is 19.9 Å². The van der Waals surface area contributed by atoms with E-state index in [9.17, 15) is 5.26 Å². The minimum absolute atomic E-state index is 0.0683. The fraction of sp³-hybridized carbons (Fsp3) is 0.429.